The predicted molar refractivity (Wildman–Crippen MR) is 111 cm³/mol. The van der Waals surface area contributed by atoms with Crippen LogP contribution in [0.25, 0.3) is 0 Å². The average Bonchev–Trinajstić information content (AvgIpc) is 2.79. The van der Waals surface area contributed by atoms with Crippen LogP contribution in [0.2, 0.25) is 0 Å². The summed E-state index contributed by atoms with van der Waals surface area (Å²) in [7, 11) is 1.97. The fraction of sp³-hybridized carbons (Fsp3) is 0.227. The summed E-state index contributed by atoms with van der Waals surface area (Å²) in [6, 6.07) is 19.7. The molecule has 1 aliphatic rings. The number of rotatable bonds is 4. The zero-order valence-corrected chi connectivity index (χ0v) is 15.9. The van der Waals surface area contributed by atoms with Crippen molar-refractivity contribution in [3.63, 3.8) is 0 Å². The first kappa shape index (κ1) is 18.0. The SMILES string of the molecule is CN(c1ccccc1)c1ccc(C(=O)N2CCN(c3ccccn3)CC2)cn1. The molecule has 0 saturated carbocycles. The summed E-state index contributed by atoms with van der Waals surface area (Å²) in [5, 5.41) is 0. The second-order valence-electron chi connectivity index (χ2n) is 6.77. The number of aromatic nitrogens is 2. The summed E-state index contributed by atoms with van der Waals surface area (Å²) in [6.45, 7) is 2.93. The molecular formula is C22H23N5O. The van der Waals surface area contributed by atoms with E-state index in [1.54, 1.807) is 12.4 Å². The normalized spacial score (nSPS) is 14.0. The van der Waals surface area contributed by atoms with Gasteiger partial charge in [0.05, 0.1) is 5.56 Å². The molecular weight excluding hydrogens is 350 g/mol. The molecule has 6 heteroatoms. The third-order valence-corrected chi connectivity index (χ3v) is 5.02. The Balaban J connectivity index is 1.39. The molecule has 28 heavy (non-hydrogen) atoms. The summed E-state index contributed by atoms with van der Waals surface area (Å²) >= 11 is 0. The van der Waals surface area contributed by atoms with Gasteiger partial charge < -0.3 is 14.7 Å². The molecule has 0 unspecified atom stereocenters. The molecule has 0 atom stereocenters. The van der Waals surface area contributed by atoms with E-state index in [9.17, 15) is 4.79 Å². The van der Waals surface area contributed by atoms with Gasteiger partial charge in [0.25, 0.3) is 5.91 Å². The predicted octanol–water partition coefficient (Wildman–Crippen LogP) is 3.21. The molecule has 0 radical (unpaired) electrons. The number of nitrogens with zero attached hydrogens (tertiary/aromatic N) is 5. The Bertz CT molecular complexity index is 907. The number of para-hydroxylation sites is 1. The van der Waals surface area contributed by atoms with Crippen molar-refractivity contribution in [3.8, 4) is 0 Å². The van der Waals surface area contributed by atoms with Crippen LogP contribution in [0.1, 0.15) is 10.4 Å². The standard InChI is InChI=1S/C22H23N5O/c1-25(19-7-3-2-4-8-19)20-11-10-18(17-24-20)22(28)27-15-13-26(14-16-27)21-9-5-6-12-23-21/h2-12,17H,13-16H2,1H3. The highest BCUT2D eigenvalue weighted by atomic mass is 16.2. The third kappa shape index (κ3) is 3.81. The van der Waals surface area contributed by atoms with Gasteiger partial charge in [0.2, 0.25) is 0 Å². The van der Waals surface area contributed by atoms with Crippen LogP contribution in [-0.2, 0) is 0 Å². The van der Waals surface area contributed by atoms with Gasteiger partial charge in [-0.3, -0.25) is 4.79 Å². The molecule has 1 aromatic carbocycles. The van der Waals surface area contributed by atoms with Gasteiger partial charge in [-0.1, -0.05) is 24.3 Å². The Kier molecular flexibility index (Phi) is 5.19. The molecule has 0 N–H and O–H groups in total. The van der Waals surface area contributed by atoms with Crippen molar-refractivity contribution in [2.45, 2.75) is 0 Å². The van der Waals surface area contributed by atoms with E-state index in [4.69, 9.17) is 0 Å². The minimum absolute atomic E-state index is 0.0297. The minimum atomic E-state index is 0.0297. The lowest BCUT2D eigenvalue weighted by Gasteiger charge is -2.35. The van der Waals surface area contributed by atoms with Crippen molar-refractivity contribution in [2.24, 2.45) is 0 Å². The van der Waals surface area contributed by atoms with E-state index >= 15 is 0 Å². The maximum Gasteiger partial charge on any atom is 0.255 e. The fourth-order valence-corrected chi connectivity index (χ4v) is 3.36. The second-order valence-corrected chi connectivity index (χ2v) is 6.77. The number of hydrogen-bond acceptors (Lipinski definition) is 5. The molecule has 142 valence electrons. The Labute approximate surface area is 165 Å². The van der Waals surface area contributed by atoms with E-state index in [-0.39, 0.29) is 5.91 Å². The van der Waals surface area contributed by atoms with Crippen LogP contribution >= 0.6 is 0 Å². The van der Waals surface area contributed by atoms with E-state index in [1.807, 2.05) is 77.5 Å². The van der Waals surface area contributed by atoms with Crippen LogP contribution in [0.5, 0.6) is 0 Å². The monoisotopic (exact) mass is 373 g/mol. The lowest BCUT2D eigenvalue weighted by molar-refractivity contribution is 0.0746. The number of anilines is 3. The van der Waals surface area contributed by atoms with E-state index in [1.165, 1.54) is 0 Å². The van der Waals surface area contributed by atoms with Crippen LogP contribution in [0.3, 0.4) is 0 Å². The number of piperazine rings is 1. The average molecular weight is 373 g/mol. The maximum absolute atomic E-state index is 12.8. The fourth-order valence-electron chi connectivity index (χ4n) is 3.36. The van der Waals surface area contributed by atoms with Gasteiger partial charge in [-0.15, -0.1) is 0 Å². The van der Waals surface area contributed by atoms with E-state index in [0.29, 0.717) is 18.7 Å². The highest BCUT2D eigenvalue weighted by molar-refractivity contribution is 5.94. The minimum Gasteiger partial charge on any atom is -0.353 e. The molecule has 6 nitrogen and oxygen atoms in total. The quantitative estimate of drug-likeness (QED) is 0.703. The number of hydrogen-bond donors (Lipinski definition) is 0. The molecule has 0 spiro atoms. The Morgan fingerprint density at radius 1 is 0.893 bits per heavy atom. The van der Waals surface area contributed by atoms with Gasteiger partial charge in [0.1, 0.15) is 11.6 Å². The van der Waals surface area contributed by atoms with Gasteiger partial charge in [0, 0.05) is 51.3 Å². The van der Waals surface area contributed by atoms with Gasteiger partial charge in [0.15, 0.2) is 0 Å². The maximum atomic E-state index is 12.8. The summed E-state index contributed by atoms with van der Waals surface area (Å²) in [6.07, 6.45) is 3.47. The van der Waals surface area contributed by atoms with Crippen LogP contribution in [-0.4, -0.2) is 54.0 Å². The lowest BCUT2D eigenvalue weighted by Crippen LogP contribution is -2.49. The highest BCUT2D eigenvalue weighted by Gasteiger charge is 2.23. The number of amides is 1. The Morgan fingerprint density at radius 2 is 1.64 bits per heavy atom. The first-order valence-corrected chi connectivity index (χ1v) is 9.42. The van der Waals surface area contributed by atoms with E-state index < -0.39 is 0 Å². The Morgan fingerprint density at radius 3 is 2.29 bits per heavy atom. The van der Waals surface area contributed by atoms with Crippen molar-refractivity contribution >= 4 is 23.2 Å². The van der Waals surface area contributed by atoms with Crippen LogP contribution in [0, 0.1) is 0 Å². The van der Waals surface area contributed by atoms with Gasteiger partial charge in [-0.25, -0.2) is 9.97 Å². The van der Waals surface area contributed by atoms with Crippen molar-refractivity contribution in [3.05, 3.63) is 78.6 Å². The van der Waals surface area contributed by atoms with Crippen LogP contribution < -0.4 is 9.80 Å². The molecule has 1 saturated heterocycles. The van der Waals surface area contributed by atoms with E-state index in [0.717, 1.165) is 30.4 Å². The molecule has 2 aromatic heterocycles. The van der Waals surface area contributed by atoms with E-state index in [2.05, 4.69) is 14.9 Å². The first-order valence-electron chi connectivity index (χ1n) is 9.42. The molecule has 4 rings (SSSR count). The van der Waals surface area contributed by atoms with Gasteiger partial charge in [-0.2, -0.15) is 0 Å². The molecule has 1 amide bonds. The first-order chi connectivity index (χ1) is 13.7. The zero-order valence-electron chi connectivity index (χ0n) is 15.9. The number of benzene rings is 1. The molecule has 1 aliphatic heterocycles. The number of pyridine rings is 2. The summed E-state index contributed by atoms with van der Waals surface area (Å²) in [5.41, 5.74) is 1.68. The van der Waals surface area contributed by atoms with Gasteiger partial charge >= 0.3 is 0 Å². The van der Waals surface area contributed by atoms with Crippen molar-refractivity contribution in [1.29, 1.82) is 0 Å². The second kappa shape index (κ2) is 8.08. The molecule has 3 aromatic rings. The smallest absolute Gasteiger partial charge is 0.255 e. The number of carbonyl (C=O) groups is 1. The Hall–Kier alpha value is -3.41. The van der Waals surface area contributed by atoms with Crippen LogP contribution in [0.4, 0.5) is 17.3 Å². The zero-order chi connectivity index (χ0) is 19.3. The molecule has 1 fully saturated rings. The lowest BCUT2D eigenvalue weighted by atomic mass is 10.2. The van der Waals surface area contributed by atoms with Crippen molar-refractivity contribution < 1.29 is 4.79 Å². The van der Waals surface area contributed by atoms with Gasteiger partial charge in [-0.05, 0) is 36.4 Å². The topological polar surface area (TPSA) is 52.6 Å². The summed E-state index contributed by atoms with van der Waals surface area (Å²) in [4.78, 5) is 27.8. The largest absolute Gasteiger partial charge is 0.353 e. The van der Waals surface area contributed by atoms with Crippen molar-refractivity contribution in [1.82, 2.24) is 14.9 Å². The summed E-state index contributed by atoms with van der Waals surface area (Å²) in [5.74, 6) is 1.80. The molecule has 0 bridgehead atoms. The molecule has 3 heterocycles. The highest BCUT2D eigenvalue weighted by Crippen LogP contribution is 2.21. The summed E-state index contributed by atoms with van der Waals surface area (Å²) < 4.78 is 0. The molecule has 0 aliphatic carbocycles. The van der Waals surface area contributed by atoms with Crippen molar-refractivity contribution in [2.75, 3.05) is 43.0 Å². The van der Waals surface area contributed by atoms with Crippen LogP contribution in [0.15, 0.2) is 73.1 Å². The third-order valence-electron chi connectivity index (χ3n) is 5.02. The number of carbonyl (C=O) groups excluding carboxylic acids is 1.